The molecule has 2 aromatic heterocycles. The molecule has 0 aromatic carbocycles. The second-order valence-electron chi connectivity index (χ2n) is 7.40. The number of amides is 2. The molecular formula is C19H25N5O2S. The van der Waals surface area contributed by atoms with Gasteiger partial charge in [0.1, 0.15) is 5.69 Å². The van der Waals surface area contributed by atoms with E-state index in [0.717, 1.165) is 43.9 Å². The van der Waals surface area contributed by atoms with Crippen LogP contribution in [-0.4, -0.2) is 61.8 Å². The summed E-state index contributed by atoms with van der Waals surface area (Å²) in [5.74, 6) is 0.659. The molecule has 2 aliphatic rings. The predicted octanol–water partition coefficient (Wildman–Crippen LogP) is 2.19. The summed E-state index contributed by atoms with van der Waals surface area (Å²) < 4.78 is 2.04. The Labute approximate surface area is 163 Å². The van der Waals surface area contributed by atoms with Crippen LogP contribution < -0.4 is 0 Å². The maximum absolute atomic E-state index is 12.7. The number of piperidine rings is 2. The van der Waals surface area contributed by atoms with Crippen LogP contribution in [0.4, 0.5) is 0 Å². The summed E-state index contributed by atoms with van der Waals surface area (Å²) in [6.45, 7) is 4.99. The van der Waals surface area contributed by atoms with Crippen LogP contribution in [0.3, 0.4) is 0 Å². The Morgan fingerprint density at radius 2 is 2.22 bits per heavy atom. The molecule has 0 radical (unpaired) electrons. The number of thiazole rings is 1. The second kappa shape index (κ2) is 7.80. The first kappa shape index (κ1) is 18.2. The average Bonchev–Trinajstić information content (AvgIpc) is 3.34. The van der Waals surface area contributed by atoms with E-state index >= 15 is 0 Å². The molecule has 0 bridgehead atoms. The van der Waals surface area contributed by atoms with E-state index in [-0.39, 0.29) is 17.9 Å². The Kier molecular flexibility index (Phi) is 5.24. The molecule has 2 saturated heterocycles. The smallest absolute Gasteiger partial charge is 0.273 e. The molecule has 7 nitrogen and oxygen atoms in total. The highest BCUT2D eigenvalue weighted by atomic mass is 32.1. The number of hydrogen-bond acceptors (Lipinski definition) is 5. The standard InChI is InChI=1S/C19H25N5O2S/c1-14-21-16(12-27-14)19(26)23-9-5-17-15(11-23)3-4-18(25)24(17)8-2-7-22-10-6-20-13-22/h6,10,12-13,15,17H,2-5,7-9,11H2,1H3/t15-,17+/m1/s1. The number of nitrogens with zero attached hydrogens (tertiary/aromatic N) is 5. The molecule has 0 spiro atoms. The van der Waals surface area contributed by atoms with Gasteiger partial charge in [-0.25, -0.2) is 9.97 Å². The van der Waals surface area contributed by atoms with Crippen LogP contribution in [0.2, 0.25) is 0 Å². The summed E-state index contributed by atoms with van der Waals surface area (Å²) in [5, 5.41) is 2.76. The topological polar surface area (TPSA) is 71.3 Å². The SMILES string of the molecule is Cc1nc(C(=O)N2CC[C@H]3[C@H](CCC(=O)N3CCCn3ccnc3)C2)cs1. The first-order chi connectivity index (χ1) is 13.1. The Bertz CT molecular complexity index is 803. The van der Waals surface area contributed by atoms with Crippen molar-refractivity contribution >= 4 is 23.2 Å². The van der Waals surface area contributed by atoms with Gasteiger partial charge in [-0.15, -0.1) is 11.3 Å². The second-order valence-corrected chi connectivity index (χ2v) is 8.46. The van der Waals surface area contributed by atoms with Crippen LogP contribution in [0, 0.1) is 12.8 Å². The fourth-order valence-electron chi connectivity index (χ4n) is 4.29. The summed E-state index contributed by atoms with van der Waals surface area (Å²) >= 11 is 1.51. The lowest BCUT2D eigenvalue weighted by molar-refractivity contribution is -0.140. The van der Waals surface area contributed by atoms with Crippen molar-refractivity contribution in [3.63, 3.8) is 0 Å². The Morgan fingerprint density at radius 1 is 1.33 bits per heavy atom. The van der Waals surface area contributed by atoms with Crippen LogP contribution in [0.25, 0.3) is 0 Å². The van der Waals surface area contributed by atoms with Gasteiger partial charge in [0.25, 0.3) is 5.91 Å². The minimum atomic E-state index is 0.0290. The van der Waals surface area contributed by atoms with Crippen molar-refractivity contribution in [3.05, 3.63) is 34.8 Å². The van der Waals surface area contributed by atoms with Gasteiger partial charge in [-0.3, -0.25) is 9.59 Å². The summed E-state index contributed by atoms with van der Waals surface area (Å²) in [5.41, 5.74) is 0.556. The Morgan fingerprint density at radius 3 is 2.96 bits per heavy atom. The molecule has 2 fully saturated rings. The molecule has 2 aromatic rings. The fraction of sp³-hybridized carbons (Fsp3) is 0.579. The Balaban J connectivity index is 1.36. The number of rotatable bonds is 5. The zero-order valence-corrected chi connectivity index (χ0v) is 16.4. The van der Waals surface area contributed by atoms with Crippen molar-refractivity contribution in [2.24, 2.45) is 5.92 Å². The largest absolute Gasteiger partial charge is 0.339 e. The van der Waals surface area contributed by atoms with Crippen molar-refractivity contribution in [1.82, 2.24) is 24.3 Å². The number of carbonyl (C=O) groups is 2. The van der Waals surface area contributed by atoms with Crippen molar-refractivity contribution in [3.8, 4) is 0 Å². The number of aryl methyl sites for hydroxylation is 2. The van der Waals surface area contributed by atoms with Gasteiger partial charge < -0.3 is 14.4 Å². The Hall–Kier alpha value is -2.22. The van der Waals surface area contributed by atoms with E-state index in [0.29, 0.717) is 24.6 Å². The highest BCUT2D eigenvalue weighted by molar-refractivity contribution is 7.09. The van der Waals surface area contributed by atoms with Gasteiger partial charge in [0, 0.05) is 56.4 Å². The third-order valence-electron chi connectivity index (χ3n) is 5.64. The molecule has 2 amide bonds. The number of hydrogen-bond donors (Lipinski definition) is 0. The van der Waals surface area contributed by atoms with E-state index in [4.69, 9.17) is 0 Å². The average molecular weight is 388 g/mol. The lowest BCUT2D eigenvalue weighted by atomic mass is 9.83. The molecule has 2 aliphatic heterocycles. The summed E-state index contributed by atoms with van der Waals surface area (Å²) in [6.07, 6.45) is 8.78. The lowest BCUT2D eigenvalue weighted by Crippen LogP contribution is -2.57. The van der Waals surface area contributed by atoms with Crippen LogP contribution in [0.15, 0.2) is 24.1 Å². The van der Waals surface area contributed by atoms with Crippen LogP contribution in [-0.2, 0) is 11.3 Å². The van der Waals surface area contributed by atoms with Gasteiger partial charge in [0.05, 0.1) is 11.3 Å². The number of likely N-dealkylation sites (tertiary alicyclic amines) is 2. The van der Waals surface area contributed by atoms with Crippen molar-refractivity contribution < 1.29 is 9.59 Å². The fourth-order valence-corrected chi connectivity index (χ4v) is 4.88. The maximum atomic E-state index is 12.7. The van der Waals surface area contributed by atoms with Gasteiger partial charge in [-0.1, -0.05) is 0 Å². The zero-order valence-electron chi connectivity index (χ0n) is 15.6. The predicted molar refractivity (Wildman–Crippen MR) is 102 cm³/mol. The van der Waals surface area contributed by atoms with Crippen molar-refractivity contribution in [2.75, 3.05) is 19.6 Å². The molecule has 2 atom stereocenters. The van der Waals surface area contributed by atoms with Gasteiger partial charge in [-0.05, 0) is 32.1 Å². The first-order valence-electron chi connectivity index (χ1n) is 9.58. The zero-order chi connectivity index (χ0) is 18.8. The molecule has 144 valence electrons. The van der Waals surface area contributed by atoms with E-state index < -0.39 is 0 Å². The molecule has 27 heavy (non-hydrogen) atoms. The van der Waals surface area contributed by atoms with Gasteiger partial charge in [0.15, 0.2) is 0 Å². The monoisotopic (exact) mass is 387 g/mol. The number of fused-ring (bicyclic) bond motifs is 1. The molecule has 0 N–H and O–H groups in total. The van der Waals surface area contributed by atoms with E-state index in [2.05, 4.69) is 14.9 Å². The molecule has 0 saturated carbocycles. The molecule has 4 rings (SSSR count). The maximum Gasteiger partial charge on any atom is 0.273 e. The lowest BCUT2D eigenvalue weighted by Gasteiger charge is -2.47. The molecule has 8 heteroatoms. The summed E-state index contributed by atoms with van der Waals surface area (Å²) in [4.78, 5) is 37.6. The summed E-state index contributed by atoms with van der Waals surface area (Å²) in [7, 11) is 0. The quantitative estimate of drug-likeness (QED) is 0.788. The minimum Gasteiger partial charge on any atom is -0.339 e. The van der Waals surface area contributed by atoms with E-state index in [1.807, 2.05) is 34.3 Å². The van der Waals surface area contributed by atoms with E-state index in [1.54, 1.807) is 6.20 Å². The van der Waals surface area contributed by atoms with Gasteiger partial charge >= 0.3 is 0 Å². The molecule has 0 aliphatic carbocycles. The van der Waals surface area contributed by atoms with Crippen molar-refractivity contribution in [1.29, 1.82) is 0 Å². The van der Waals surface area contributed by atoms with Gasteiger partial charge in [-0.2, -0.15) is 0 Å². The number of carbonyl (C=O) groups excluding carboxylic acids is 2. The van der Waals surface area contributed by atoms with Crippen LogP contribution in [0.1, 0.15) is 41.2 Å². The number of imidazole rings is 1. The van der Waals surface area contributed by atoms with E-state index in [9.17, 15) is 9.59 Å². The van der Waals surface area contributed by atoms with Crippen LogP contribution in [0.5, 0.6) is 0 Å². The third-order valence-corrected chi connectivity index (χ3v) is 6.42. The molecular weight excluding hydrogens is 362 g/mol. The third kappa shape index (κ3) is 3.90. The highest BCUT2D eigenvalue weighted by Gasteiger charge is 2.40. The highest BCUT2D eigenvalue weighted by Crippen LogP contribution is 2.32. The first-order valence-corrected chi connectivity index (χ1v) is 10.5. The summed E-state index contributed by atoms with van der Waals surface area (Å²) in [6, 6.07) is 0.259. The minimum absolute atomic E-state index is 0.0290. The van der Waals surface area contributed by atoms with Crippen molar-refractivity contribution in [2.45, 2.75) is 45.2 Å². The number of aromatic nitrogens is 3. The molecule has 4 heterocycles. The normalized spacial score (nSPS) is 22.8. The van der Waals surface area contributed by atoms with Gasteiger partial charge in [0.2, 0.25) is 5.91 Å². The van der Waals surface area contributed by atoms with Crippen LogP contribution >= 0.6 is 11.3 Å². The molecule has 0 unspecified atom stereocenters. The van der Waals surface area contributed by atoms with E-state index in [1.165, 1.54) is 11.3 Å².